The van der Waals surface area contributed by atoms with Gasteiger partial charge in [-0.25, -0.2) is 9.79 Å². The van der Waals surface area contributed by atoms with E-state index in [1.165, 1.54) is 15.9 Å². The average molecular weight is 526 g/mol. The van der Waals surface area contributed by atoms with Crippen LogP contribution in [0.5, 0.6) is 5.75 Å². The van der Waals surface area contributed by atoms with Crippen molar-refractivity contribution in [1.29, 1.82) is 0 Å². The van der Waals surface area contributed by atoms with E-state index in [-0.39, 0.29) is 23.5 Å². The summed E-state index contributed by atoms with van der Waals surface area (Å²) in [4.78, 5) is 33.8. The first-order valence-corrected chi connectivity index (χ1v) is 13.0. The van der Waals surface area contributed by atoms with Crippen molar-refractivity contribution in [3.05, 3.63) is 89.6 Å². The van der Waals surface area contributed by atoms with Crippen LogP contribution in [0, 0.1) is 0 Å². The fourth-order valence-corrected chi connectivity index (χ4v) is 5.64. The predicted molar refractivity (Wildman–Crippen MR) is 144 cm³/mol. The molecule has 0 saturated carbocycles. The van der Waals surface area contributed by atoms with E-state index in [0.29, 0.717) is 31.2 Å². The number of aromatic hydroxyl groups is 1. The van der Waals surface area contributed by atoms with Crippen LogP contribution in [0.4, 0.5) is 5.69 Å². The summed E-state index contributed by atoms with van der Waals surface area (Å²) < 4.78 is 7.18. The van der Waals surface area contributed by atoms with Gasteiger partial charge in [0.1, 0.15) is 11.8 Å². The van der Waals surface area contributed by atoms with Gasteiger partial charge in [-0.3, -0.25) is 9.36 Å². The third-order valence-electron chi connectivity index (χ3n) is 6.15. The smallest absolute Gasteiger partial charge is 0.338 e. The highest BCUT2D eigenvalue weighted by molar-refractivity contribution is 7.07. The minimum atomic E-state index is -0.783. The van der Waals surface area contributed by atoms with Crippen molar-refractivity contribution in [3.63, 3.8) is 0 Å². The lowest BCUT2D eigenvalue weighted by Gasteiger charge is -2.25. The lowest BCUT2D eigenvalue weighted by atomic mass is 9.96. The van der Waals surface area contributed by atoms with Crippen LogP contribution in [0.2, 0.25) is 5.02 Å². The SMILES string of the molecule is CCOC(=O)C1=C(C)N=c2sc(=Cc3ccc(N(CC)CC)cc3O)c(=O)n2C1c1ccccc1Cl. The number of thiazole rings is 1. The number of benzene rings is 2. The minimum Gasteiger partial charge on any atom is -0.507 e. The highest BCUT2D eigenvalue weighted by atomic mass is 35.5. The fourth-order valence-electron chi connectivity index (χ4n) is 4.36. The third kappa shape index (κ3) is 4.70. The molecular weight excluding hydrogens is 498 g/mol. The van der Waals surface area contributed by atoms with Gasteiger partial charge in [-0.15, -0.1) is 0 Å². The zero-order valence-corrected chi connectivity index (χ0v) is 22.2. The Morgan fingerprint density at radius 2 is 1.94 bits per heavy atom. The van der Waals surface area contributed by atoms with Gasteiger partial charge in [0.25, 0.3) is 5.56 Å². The van der Waals surface area contributed by atoms with Gasteiger partial charge in [-0.1, -0.05) is 41.1 Å². The maximum Gasteiger partial charge on any atom is 0.338 e. The first-order valence-electron chi connectivity index (χ1n) is 11.8. The Kier molecular flexibility index (Phi) is 7.66. The first kappa shape index (κ1) is 25.7. The molecule has 1 N–H and O–H groups in total. The summed E-state index contributed by atoms with van der Waals surface area (Å²) in [5.41, 5.74) is 2.45. The summed E-state index contributed by atoms with van der Waals surface area (Å²) in [6.07, 6.45) is 1.65. The zero-order valence-electron chi connectivity index (χ0n) is 20.6. The number of hydrogen-bond donors (Lipinski definition) is 1. The average Bonchev–Trinajstić information content (AvgIpc) is 3.15. The number of rotatable bonds is 7. The van der Waals surface area contributed by atoms with Gasteiger partial charge in [-0.05, 0) is 57.5 Å². The molecule has 0 amide bonds. The van der Waals surface area contributed by atoms with Gasteiger partial charge in [-0.2, -0.15) is 0 Å². The number of carbonyl (C=O) groups excluding carboxylic acids is 1. The molecule has 2 aromatic carbocycles. The van der Waals surface area contributed by atoms with Crippen LogP contribution in [0.1, 0.15) is 44.9 Å². The molecule has 2 heterocycles. The molecule has 4 rings (SSSR count). The summed E-state index contributed by atoms with van der Waals surface area (Å²) in [5.74, 6) is -0.459. The second kappa shape index (κ2) is 10.7. The van der Waals surface area contributed by atoms with E-state index in [0.717, 1.165) is 18.8 Å². The molecule has 1 aliphatic heterocycles. The minimum absolute atomic E-state index is 0.0799. The fraction of sp³-hybridized carbons (Fsp3) is 0.296. The Hall–Kier alpha value is -3.36. The first-order chi connectivity index (χ1) is 17.3. The summed E-state index contributed by atoms with van der Waals surface area (Å²) in [5, 5.41) is 11.1. The number of esters is 1. The monoisotopic (exact) mass is 525 g/mol. The van der Waals surface area contributed by atoms with E-state index >= 15 is 0 Å². The molecule has 36 heavy (non-hydrogen) atoms. The molecule has 1 unspecified atom stereocenters. The summed E-state index contributed by atoms with van der Waals surface area (Å²) in [6, 6.07) is 11.7. The Morgan fingerprint density at radius 1 is 1.22 bits per heavy atom. The Balaban J connectivity index is 1.90. The Labute approximate surface area is 218 Å². The van der Waals surface area contributed by atoms with Crippen molar-refractivity contribution < 1.29 is 14.6 Å². The molecule has 1 aromatic heterocycles. The number of phenols is 1. The van der Waals surface area contributed by atoms with Gasteiger partial charge < -0.3 is 14.7 Å². The highest BCUT2D eigenvalue weighted by Crippen LogP contribution is 2.34. The largest absolute Gasteiger partial charge is 0.507 e. The molecule has 9 heteroatoms. The number of nitrogens with zero attached hydrogens (tertiary/aromatic N) is 3. The van der Waals surface area contributed by atoms with E-state index in [1.807, 2.05) is 12.1 Å². The topological polar surface area (TPSA) is 84.1 Å². The Bertz CT molecular complexity index is 1520. The second-order valence-corrected chi connectivity index (χ2v) is 9.66. The van der Waals surface area contributed by atoms with E-state index in [2.05, 4.69) is 23.7 Å². The second-order valence-electron chi connectivity index (χ2n) is 8.24. The van der Waals surface area contributed by atoms with Gasteiger partial charge in [0.2, 0.25) is 0 Å². The van der Waals surface area contributed by atoms with Crippen LogP contribution in [0.3, 0.4) is 0 Å². The van der Waals surface area contributed by atoms with Gasteiger partial charge >= 0.3 is 5.97 Å². The van der Waals surface area contributed by atoms with E-state index < -0.39 is 12.0 Å². The summed E-state index contributed by atoms with van der Waals surface area (Å²) >= 11 is 7.73. The van der Waals surface area contributed by atoms with Crippen LogP contribution in [0.25, 0.3) is 6.08 Å². The molecule has 7 nitrogen and oxygen atoms in total. The van der Waals surface area contributed by atoms with Crippen LogP contribution in [-0.2, 0) is 9.53 Å². The van der Waals surface area contributed by atoms with Crippen molar-refractivity contribution in [2.75, 3.05) is 24.6 Å². The number of aromatic nitrogens is 1. The van der Waals surface area contributed by atoms with E-state index in [9.17, 15) is 14.7 Å². The molecule has 0 radical (unpaired) electrons. The number of allylic oxidation sites excluding steroid dienone is 1. The maximum atomic E-state index is 13.7. The van der Waals surface area contributed by atoms with Gasteiger partial charge in [0, 0.05) is 35.4 Å². The molecule has 1 atom stereocenters. The molecule has 0 spiro atoms. The number of ether oxygens (including phenoxy) is 1. The quantitative estimate of drug-likeness (QED) is 0.471. The van der Waals surface area contributed by atoms with Crippen molar-refractivity contribution in [2.45, 2.75) is 33.7 Å². The molecule has 1 aliphatic rings. The lowest BCUT2D eigenvalue weighted by Crippen LogP contribution is -2.40. The molecule has 0 bridgehead atoms. The van der Waals surface area contributed by atoms with Crippen molar-refractivity contribution >= 4 is 40.7 Å². The number of hydrogen-bond acceptors (Lipinski definition) is 7. The number of phenolic OH excluding ortho intramolecular Hbond substituents is 1. The van der Waals surface area contributed by atoms with Gasteiger partial charge in [0.15, 0.2) is 4.80 Å². The van der Waals surface area contributed by atoms with Crippen LogP contribution < -0.4 is 19.8 Å². The highest BCUT2D eigenvalue weighted by Gasteiger charge is 2.34. The molecular formula is C27H28ClN3O4S. The van der Waals surface area contributed by atoms with Crippen LogP contribution >= 0.6 is 22.9 Å². The van der Waals surface area contributed by atoms with Crippen LogP contribution in [0.15, 0.2) is 63.5 Å². The van der Waals surface area contributed by atoms with Crippen molar-refractivity contribution in [1.82, 2.24) is 4.57 Å². The van der Waals surface area contributed by atoms with Crippen molar-refractivity contribution in [3.8, 4) is 5.75 Å². The molecule has 188 valence electrons. The zero-order chi connectivity index (χ0) is 26.0. The maximum absolute atomic E-state index is 13.7. The summed E-state index contributed by atoms with van der Waals surface area (Å²) in [7, 11) is 0. The Morgan fingerprint density at radius 3 is 2.58 bits per heavy atom. The standard InChI is InChI=1S/C27H28ClN3O4S/c1-5-30(6-2)18-13-12-17(21(32)15-18)14-22-25(33)31-24(19-10-8-9-11-20(19)28)23(26(34)35-7-3)16(4)29-27(31)36-22/h8-15,24,32H,5-7H2,1-4H3. The normalized spacial score (nSPS) is 15.5. The predicted octanol–water partition coefficient (Wildman–Crippen LogP) is 4.00. The van der Waals surface area contributed by atoms with Crippen molar-refractivity contribution in [2.24, 2.45) is 4.99 Å². The molecule has 3 aromatic rings. The van der Waals surface area contributed by atoms with E-state index in [1.54, 1.807) is 50.3 Å². The number of carbonyl (C=O) groups is 1. The van der Waals surface area contributed by atoms with Crippen LogP contribution in [-0.4, -0.2) is 35.3 Å². The molecule has 0 aliphatic carbocycles. The number of fused-ring (bicyclic) bond motifs is 1. The number of anilines is 1. The number of halogens is 1. The molecule has 0 saturated heterocycles. The third-order valence-corrected chi connectivity index (χ3v) is 7.47. The van der Waals surface area contributed by atoms with E-state index in [4.69, 9.17) is 16.3 Å². The lowest BCUT2D eigenvalue weighted by molar-refractivity contribution is -0.139. The van der Waals surface area contributed by atoms with Gasteiger partial charge in [0.05, 0.1) is 22.4 Å². The molecule has 0 fully saturated rings. The summed E-state index contributed by atoms with van der Waals surface area (Å²) in [6.45, 7) is 9.39.